The first-order valence-electron chi connectivity index (χ1n) is 8.14. The maximum Gasteiger partial charge on any atom is 0.236 e. The first-order valence-corrected chi connectivity index (χ1v) is 8.14. The molecular weight excluding hydrogens is 293 g/mol. The van der Waals surface area contributed by atoms with Crippen LogP contribution in [0.5, 0.6) is 0 Å². The molecule has 0 saturated heterocycles. The highest BCUT2D eigenvalue weighted by atomic mass is 19.1. The fourth-order valence-corrected chi connectivity index (χ4v) is 3.77. The summed E-state index contributed by atoms with van der Waals surface area (Å²) in [7, 11) is 0. The van der Waals surface area contributed by atoms with E-state index in [-0.39, 0.29) is 17.6 Å². The van der Waals surface area contributed by atoms with E-state index in [1.54, 1.807) is 18.3 Å². The summed E-state index contributed by atoms with van der Waals surface area (Å²) >= 11 is 0. The molecule has 1 aromatic heterocycles. The molecule has 23 heavy (non-hydrogen) atoms. The Balaban J connectivity index is 1.78. The Bertz CT molecular complexity index is 710. The van der Waals surface area contributed by atoms with Crippen molar-refractivity contribution < 1.29 is 9.18 Å². The quantitative estimate of drug-likeness (QED) is 0.519. The van der Waals surface area contributed by atoms with Crippen molar-refractivity contribution >= 4 is 16.8 Å². The van der Waals surface area contributed by atoms with E-state index in [2.05, 4.69) is 10.4 Å². The molecule has 3 rings (SSSR count). The summed E-state index contributed by atoms with van der Waals surface area (Å²) in [5, 5.41) is 0.906. The third-order valence-corrected chi connectivity index (χ3v) is 5.21. The number of hydrogen-bond acceptors (Lipinski definition) is 3. The predicted octanol–water partition coefficient (Wildman–Crippen LogP) is 3.27. The zero-order valence-electron chi connectivity index (χ0n) is 13.3. The maximum atomic E-state index is 13.6. The van der Waals surface area contributed by atoms with Gasteiger partial charge in [-0.25, -0.2) is 10.2 Å². The average molecular weight is 315 g/mol. The number of halogens is 1. The second kappa shape index (κ2) is 6.62. The highest BCUT2D eigenvalue weighted by Gasteiger charge is 2.29. The van der Waals surface area contributed by atoms with Crippen molar-refractivity contribution in [1.82, 2.24) is 10.4 Å². The highest BCUT2D eigenvalue weighted by molar-refractivity contribution is 5.82. The van der Waals surface area contributed by atoms with Crippen LogP contribution in [0.1, 0.15) is 44.1 Å². The van der Waals surface area contributed by atoms with Gasteiger partial charge in [0.2, 0.25) is 5.91 Å². The van der Waals surface area contributed by atoms with E-state index in [1.807, 2.05) is 13.0 Å². The van der Waals surface area contributed by atoms with Crippen molar-refractivity contribution in [2.24, 2.45) is 17.7 Å². The lowest BCUT2D eigenvalue weighted by molar-refractivity contribution is -0.126. The van der Waals surface area contributed by atoms with Gasteiger partial charge < -0.3 is 0 Å². The molecule has 1 aliphatic rings. The molecule has 1 atom stereocenters. The van der Waals surface area contributed by atoms with Gasteiger partial charge in [0.05, 0.1) is 5.52 Å². The van der Waals surface area contributed by atoms with Crippen LogP contribution < -0.4 is 11.3 Å². The van der Waals surface area contributed by atoms with Crippen LogP contribution in [0.3, 0.4) is 0 Å². The Morgan fingerprint density at radius 3 is 2.74 bits per heavy atom. The minimum Gasteiger partial charge on any atom is -0.294 e. The average Bonchev–Trinajstić information content (AvgIpc) is 2.60. The van der Waals surface area contributed by atoms with Crippen LogP contribution in [0.2, 0.25) is 0 Å². The molecule has 0 spiro atoms. The molecule has 1 saturated carbocycles. The first-order chi connectivity index (χ1) is 11.1. The summed E-state index contributed by atoms with van der Waals surface area (Å²) in [6, 6.07) is 6.76. The van der Waals surface area contributed by atoms with Crippen molar-refractivity contribution in [2.75, 3.05) is 0 Å². The number of amides is 1. The lowest BCUT2D eigenvalue weighted by Crippen LogP contribution is -2.38. The molecule has 122 valence electrons. The second-order valence-electron chi connectivity index (χ2n) is 6.47. The summed E-state index contributed by atoms with van der Waals surface area (Å²) < 4.78 is 13.6. The summed E-state index contributed by atoms with van der Waals surface area (Å²) in [6.07, 6.45) is 5.77. The Hall–Kier alpha value is -2.01. The van der Waals surface area contributed by atoms with Crippen LogP contribution in [-0.2, 0) is 4.79 Å². The predicted molar refractivity (Wildman–Crippen MR) is 87.9 cm³/mol. The van der Waals surface area contributed by atoms with Crippen LogP contribution in [0, 0.1) is 17.7 Å². The van der Waals surface area contributed by atoms with Crippen LogP contribution in [0.4, 0.5) is 4.39 Å². The number of carbonyl (C=O) groups is 1. The molecule has 3 N–H and O–H groups in total. The van der Waals surface area contributed by atoms with E-state index in [9.17, 15) is 9.18 Å². The number of pyridine rings is 1. The number of nitrogens with one attached hydrogen (secondary N) is 1. The zero-order chi connectivity index (χ0) is 16.4. The number of hydrogen-bond donors (Lipinski definition) is 2. The fraction of sp³-hybridized carbons (Fsp3) is 0.444. The highest BCUT2D eigenvalue weighted by Crippen LogP contribution is 2.40. The summed E-state index contributed by atoms with van der Waals surface area (Å²) in [5.74, 6) is 5.61. The van der Waals surface area contributed by atoms with Gasteiger partial charge in [-0.05, 0) is 67.3 Å². The first kappa shape index (κ1) is 15.9. The van der Waals surface area contributed by atoms with Gasteiger partial charge in [-0.15, -0.1) is 0 Å². The minimum absolute atomic E-state index is 0.0624. The number of aromatic nitrogens is 1. The standard InChI is InChI=1S/C18H22FN3O/c1-11(18(23)22-20)12-2-4-13(5-3-12)15-8-9-21-17-7-6-14(19)10-16(15)17/h6-13H,2-5,20H2,1H3,(H,22,23)/t11-,12?,13?/m1/s1. The Morgan fingerprint density at radius 1 is 1.30 bits per heavy atom. The van der Waals surface area contributed by atoms with Gasteiger partial charge in [0.15, 0.2) is 0 Å². The molecule has 1 amide bonds. The molecule has 2 aromatic rings. The van der Waals surface area contributed by atoms with E-state index in [4.69, 9.17) is 5.84 Å². The van der Waals surface area contributed by atoms with Gasteiger partial charge in [-0.2, -0.15) is 0 Å². The Morgan fingerprint density at radius 2 is 2.04 bits per heavy atom. The van der Waals surface area contributed by atoms with Crippen molar-refractivity contribution in [3.63, 3.8) is 0 Å². The van der Waals surface area contributed by atoms with E-state index in [0.29, 0.717) is 11.8 Å². The van der Waals surface area contributed by atoms with Gasteiger partial charge in [-0.1, -0.05) is 6.92 Å². The van der Waals surface area contributed by atoms with Gasteiger partial charge in [-0.3, -0.25) is 15.2 Å². The Kier molecular flexibility index (Phi) is 4.57. The van der Waals surface area contributed by atoms with Gasteiger partial charge in [0, 0.05) is 17.5 Å². The summed E-state index contributed by atoms with van der Waals surface area (Å²) in [5.41, 5.74) is 4.25. The largest absolute Gasteiger partial charge is 0.294 e. The van der Waals surface area contributed by atoms with Crippen molar-refractivity contribution in [2.45, 2.75) is 38.5 Å². The number of hydrazine groups is 1. The van der Waals surface area contributed by atoms with E-state index in [1.165, 1.54) is 11.6 Å². The van der Waals surface area contributed by atoms with Crippen LogP contribution in [0.25, 0.3) is 10.9 Å². The SMILES string of the molecule is C[C@@H](C(=O)NN)C1CCC(c2ccnc3ccc(F)cc23)CC1. The molecule has 1 aromatic carbocycles. The molecule has 4 nitrogen and oxygen atoms in total. The van der Waals surface area contributed by atoms with E-state index < -0.39 is 0 Å². The van der Waals surface area contributed by atoms with E-state index in [0.717, 1.165) is 36.6 Å². The maximum absolute atomic E-state index is 13.6. The molecule has 0 aliphatic heterocycles. The third-order valence-electron chi connectivity index (χ3n) is 5.21. The molecule has 0 bridgehead atoms. The molecule has 0 unspecified atom stereocenters. The number of fused-ring (bicyclic) bond motifs is 1. The molecule has 0 radical (unpaired) electrons. The Labute approximate surface area is 135 Å². The molecule has 1 fully saturated rings. The number of nitrogens with two attached hydrogens (primary N) is 1. The van der Waals surface area contributed by atoms with Gasteiger partial charge in [0.25, 0.3) is 0 Å². The fourth-order valence-electron chi connectivity index (χ4n) is 3.77. The van der Waals surface area contributed by atoms with Crippen LogP contribution >= 0.6 is 0 Å². The molecule has 1 heterocycles. The van der Waals surface area contributed by atoms with Crippen molar-refractivity contribution in [1.29, 1.82) is 0 Å². The number of nitrogens with zero attached hydrogens (tertiary/aromatic N) is 1. The molecule has 1 aliphatic carbocycles. The number of carbonyl (C=O) groups excluding carboxylic acids is 1. The van der Waals surface area contributed by atoms with Crippen LogP contribution in [0.15, 0.2) is 30.5 Å². The minimum atomic E-state index is -0.228. The van der Waals surface area contributed by atoms with Crippen LogP contribution in [-0.4, -0.2) is 10.9 Å². The number of rotatable bonds is 3. The lowest BCUT2D eigenvalue weighted by Gasteiger charge is -2.32. The molecular formula is C18H22FN3O. The van der Waals surface area contributed by atoms with Crippen molar-refractivity contribution in [3.8, 4) is 0 Å². The monoisotopic (exact) mass is 315 g/mol. The number of benzene rings is 1. The smallest absolute Gasteiger partial charge is 0.236 e. The van der Waals surface area contributed by atoms with Gasteiger partial charge in [0.1, 0.15) is 5.82 Å². The normalized spacial score (nSPS) is 22.7. The van der Waals surface area contributed by atoms with Gasteiger partial charge >= 0.3 is 0 Å². The van der Waals surface area contributed by atoms with E-state index >= 15 is 0 Å². The summed E-state index contributed by atoms with van der Waals surface area (Å²) in [4.78, 5) is 16.0. The molecule has 5 heteroatoms. The third kappa shape index (κ3) is 3.20. The topological polar surface area (TPSA) is 68.0 Å². The van der Waals surface area contributed by atoms with Crippen molar-refractivity contribution in [3.05, 3.63) is 41.8 Å². The zero-order valence-corrected chi connectivity index (χ0v) is 13.3. The lowest BCUT2D eigenvalue weighted by atomic mass is 9.73. The second-order valence-corrected chi connectivity index (χ2v) is 6.47. The summed E-state index contributed by atoms with van der Waals surface area (Å²) in [6.45, 7) is 1.93.